The van der Waals surface area contributed by atoms with Gasteiger partial charge < -0.3 is 0 Å². The van der Waals surface area contributed by atoms with Crippen molar-refractivity contribution in [3.63, 3.8) is 0 Å². The van der Waals surface area contributed by atoms with Gasteiger partial charge in [0.15, 0.2) is 0 Å². The summed E-state index contributed by atoms with van der Waals surface area (Å²) in [6, 6.07) is 0. The van der Waals surface area contributed by atoms with Crippen LogP contribution in [0, 0.1) is 0 Å². The molecule has 0 bridgehead atoms. The van der Waals surface area contributed by atoms with Gasteiger partial charge in [0.05, 0.1) is 0 Å². The van der Waals surface area contributed by atoms with Gasteiger partial charge in [-0.15, -0.1) is 46.4 Å². The predicted molar refractivity (Wildman–Crippen MR) is 65.1 cm³/mol. The van der Waals surface area contributed by atoms with E-state index in [2.05, 4.69) is 0 Å². The summed E-state index contributed by atoms with van der Waals surface area (Å²) in [6.07, 6.45) is 1.65. The molecule has 0 aliphatic carbocycles. The van der Waals surface area contributed by atoms with Gasteiger partial charge >= 0.3 is 0 Å². The molecule has 0 amide bonds. The summed E-state index contributed by atoms with van der Waals surface area (Å²) in [5.74, 6) is 1.94. The highest BCUT2D eigenvalue weighted by molar-refractivity contribution is 8.76. The van der Waals surface area contributed by atoms with Gasteiger partial charge in [0.25, 0.3) is 0 Å². The van der Waals surface area contributed by atoms with Crippen molar-refractivity contribution in [3.05, 3.63) is 0 Å². The second-order valence-corrected chi connectivity index (χ2v) is 7.26. The topological polar surface area (TPSA) is 0 Å². The molecule has 0 aliphatic rings. The Morgan fingerprint density at radius 2 is 1.08 bits per heavy atom. The summed E-state index contributed by atoms with van der Waals surface area (Å²) < 4.78 is 0. The van der Waals surface area contributed by atoms with Crippen molar-refractivity contribution in [3.8, 4) is 0 Å². The van der Waals surface area contributed by atoms with Crippen LogP contribution < -0.4 is 0 Å². The SMILES string of the molecule is ClC(Cl)CCSSCCC(Cl)Cl. The van der Waals surface area contributed by atoms with Crippen LogP contribution in [0.3, 0.4) is 0 Å². The summed E-state index contributed by atoms with van der Waals surface area (Å²) in [6.45, 7) is 0. The monoisotopic (exact) mass is 286 g/mol. The van der Waals surface area contributed by atoms with Crippen molar-refractivity contribution in [2.24, 2.45) is 0 Å². The van der Waals surface area contributed by atoms with E-state index in [4.69, 9.17) is 46.4 Å². The standard InChI is InChI=1S/C6H10Cl4S2/c7-5(8)1-3-11-12-4-2-6(9)10/h5-6H,1-4H2. The molecule has 0 nitrogen and oxygen atoms in total. The molecule has 0 aromatic rings. The molecule has 0 aliphatic heterocycles. The van der Waals surface area contributed by atoms with E-state index in [0.29, 0.717) is 0 Å². The normalized spacial score (nSPS) is 11.5. The van der Waals surface area contributed by atoms with Crippen LogP contribution in [0.25, 0.3) is 0 Å². The van der Waals surface area contributed by atoms with Gasteiger partial charge in [-0.3, -0.25) is 0 Å². The van der Waals surface area contributed by atoms with Crippen molar-refractivity contribution in [2.45, 2.75) is 22.5 Å². The van der Waals surface area contributed by atoms with E-state index < -0.39 is 0 Å². The second-order valence-electron chi connectivity index (χ2n) is 2.00. The van der Waals surface area contributed by atoms with Crippen LogP contribution in [0.2, 0.25) is 0 Å². The third kappa shape index (κ3) is 11.9. The van der Waals surface area contributed by atoms with Crippen molar-refractivity contribution in [2.75, 3.05) is 11.5 Å². The van der Waals surface area contributed by atoms with Crippen LogP contribution in [0.5, 0.6) is 0 Å². The molecule has 0 heterocycles. The number of rotatable bonds is 7. The molecule has 0 fully saturated rings. The zero-order valence-electron chi connectivity index (χ0n) is 6.31. The first kappa shape index (κ1) is 13.9. The van der Waals surface area contributed by atoms with Gasteiger partial charge in [-0.05, 0) is 12.8 Å². The molecule has 6 heteroatoms. The second kappa shape index (κ2) is 9.42. The van der Waals surface area contributed by atoms with Crippen LogP contribution in [-0.4, -0.2) is 21.2 Å². The van der Waals surface area contributed by atoms with E-state index in [1.54, 1.807) is 21.6 Å². The van der Waals surface area contributed by atoms with Crippen molar-refractivity contribution in [1.29, 1.82) is 0 Å². The summed E-state index contributed by atoms with van der Waals surface area (Å²) in [5.41, 5.74) is 0. The molecule has 0 unspecified atom stereocenters. The molecule has 0 aromatic carbocycles. The predicted octanol–water partition coefficient (Wildman–Crippen LogP) is 4.76. The molecular formula is C6H10Cl4S2. The molecule has 0 rings (SSSR count). The van der Waals surface area contributed by atoms with Crippen molar-refractivity contribution >= 4 is 68.0 Å². The maximum absolute atomic E-state index is 5.54. The van der Waals surface area contributed by atoms with Gasteiger partial charge in [0.2, 0.25) is 0 Å². The first-order valence-corrected chi connectivity index (χ1v) is 7.67. The number of hydrogen-bond donors (Lipinski definition) is 0. The molecule has 0 spiro atoms. The quantitative estimate of drug-likeness (QED) is 0.376. The summed E-state index contributed by atoms with van der Waals surface area (Å²) in [4.78, 5) is -0.487. The third-order valence-corrected chi connectivity index (χ3v) is 4.27. The van der Waals surface area contributed by atoms with Gasteiger partial charge in [0, 0.05) is 11.5 Å². The van der Waals surface area contributed by atoms with Gasteiger partial charge in [-0.25, -0.2) is 0 Å². The molecule has 12 heavy (non-hydrogen) atoms. The smallest absolute Gasteiger partial charge is 0.105 e. The Balaban J connectivity index is 2.91. The molecule has 0 radical (unpaired) electrons. The van der Waals surface area contributed by atoms with E-state index in [0.717, 1.165) is 24.3 Å². The maximum atomic E-state index is 5.54. The summed E-state index contributed by atoms with van der Waals surface area (Å²) in [5, 5.41) is 0. The highest BCUT2D eigenvalue weighted by Gasteiger charge is 2.00. The van der Waals surface area contributed by atoms with Crippen molar-refractivity contribution < 1.29 is 0 Å². The van der Waals surface area contributed by atoms with E-state index in [1.807, 2.05) is 0 Å². The average molecular weight is 288 g/mol. The van der Waals surface area contributed by atoms with Gasteiger partial charge in [-0.2, -0.15) is 0 Å². The first-order chi connectivity index (χ1) is 5.63. The summed E-state index contributed by atoms with van der Waals surface area (Å²) >= 11 is 22.2. The van der Waals surface area contributed by atoms with Crippen LogP contribution in [0.4, 0.5) is 0 Å². The zero-order valence-corrected chi connectivity index (χ0v) is 11.0. The minimum absolute atomic E-state index is 0.244. The van der Waals surface area contributed by atoms with Gasteiger partial charge in [-0.1, -0.05) is 21.6 Å². The Labute approximate surface area is 101 Å². The van der Waals surface area contributed by atoms with E-state index in [1.165, 1.54) is 0 Å². The lowest BCUT2D eigenvalue weighted by Gasteiger charge is -2.01. The highest BCUT2D eigenvalue weighted by Crippen LogP contribution is 2.26. The minimum atomic E-state index is -0.244. The van der Waals surface area contributed by atoms with Crippen LogP contribution in [0.1, 0.15) is 12.8 Å². The zero-order chi connectivity index (χ0) is 9.40. The van der Waals surface area contributed by atoms with E-state index in [9.17, 15) is 0 Å². The lowest BCUT2D eigenvalue weighted by Crippen LogP contribution is -1.90. The highest BCUT2D eigenvalue weighted by atomic mass is 35.5. The molecule has 0 atom stereocenters. The van der Waals surface area contributed by atoms with Crippen LogP contribution in [-0.2, 0) is 0 Å². The summed E-state index contributed by atoms with van der Waals surface area (Å²) in [7, 11) is 3.51. The van der Waals surface area contributed by atoms with Gasteiger partial charge in [0.1, 0.15) is 9.67 Å². The fourth-order valence-corrected chi connectivity index (χ4v) is 3.53. The molecule has 0 aromatic heterocycles. The fourth-order valence-electron chi connectivity index (χ4n) is 0.392. The Hall–Kier alpha value is 1.86. The molecule has 0 saturated heterocycles. The lowest BCUT2D eigenvalue weighted by molar-refractivity contribution is 1.05. The third-order valence-electron chi connectivity index (χ3n) is 0.922. The Kier molecular flexibility index (Phi) is 10.9. The maximum Gasteiger partial charge on any atom is 0.108 e. The first-order valence-electron chi connectivity index (χ1n) is 3.43. The molecule has 0 saturated carbocycles. The van der Waals surface area contributed by atoms with E-state index >= 15 is 0 Å². The fraction of sp³-hybridized carbons (Fsp3) is 1.00. The number of hydrogen-bond acceptors (Lipinski definition) is 2. The number of alkyl halides is 4. The molecular weight excluding hydrogens is 278 g/mol. The molecule has 74 valence electrons. The Morgan fingerprint density at radius 3 is 1.33 bits per heavy atom. The van der Waals surface area contributed by atoms with Crippen LogP contribution in [0.15, 0.2) is 0 Å². The number of halogens is 4. The Bertz CT molecular complexity index is 87.5. The van der Waals surface area contributed by atoms with E-state index in [-0.39, 0.29) is 9.67 Å². The minimum Gasteiger partial charge on any atom is -0.105 e. The van der Waals surface area contributed by atoms with Crippen molar-refractivity contribution in [1.82, 2.24) is 0 Å². The Morgan fingerprint density at radius 1 is 0.750 bits per heavy atom. The molecule has 0 N–H and O–H groups in total. The lowest BCUT2D eigenvalue weighted by atomic mass is 10.6. The van der Waals surface area contributed by atoms with Crippen LogP contribution >= 0.6 is 68.0 Å². The largest absolute Gasteiger partial charge is 0.108 e. The average Bonchev–Trinajstić information content (AvgIpc) is 1.95.